The van der Waals surface area contributed by atoms with Crippen LogP contribution in [-0.4, -0.2) is 43.2 Å². The maximum Gasteiger partial charge on any atom is 0.274 e. The number of sulfonamides is 1. The van der Waals surface area contributed by atoms with Gasteiger partial charge in [0, 0.05) is 40.7 Å². The number of anilines is 1. The smallest absolute Gasteiger partial charge is 0.274 e. The Morgan fingerprint density at radius 2 is 1.90 bits per heavy atom. The van der Waals surface area contributed by atoms with Gasteiger partial charge in [0.15, 0.2) is 0 Å². The average Bonchev–Trinajstić information content (AvgIpc) is 3.31. The molecule has 6 nitrogen and oxygen atoms in total. The number of carbonyl (C=O) groups is 1. The second-order valence-electron chi connectivity index (χ2n) is 7.00. The molecule has 0 atom stereocenters. The third-order valence-electron chi connectivity index (χ3n) is 5.35. The van der Waals surface area contributed by atoms with Gasteiger partial charge in [-0.15, -0.1) is 0 Å². The highest BCUT2D eigenvalue weighted by Crippen LogP contribution is 2.32. The van der Waals surface area contributed by atoms with Crippen molar-refractivity contribution in [2.75, 3.05) is 24.5 Å². The fourth-order valence-corrected chi connectivity index (χ4v) is 5.69. The summed E-state index contributed by atoms with van der Waals surface area (Å²) in [4.78, 5) is 18.3. The lowest BCUT2D eigenvalue weighted by molar-refractivity contribution is 0.0985. The highest BCUT2D eigenvalue weighted by molar-refractivity contribution is 9.10. The molecule has 1 aliphatic rings. The van der Waals surface area contributed by atoms with Crippen LogP contribution in [0.4, 0.5) is 5.69 Å². The van der Waals surface area contributed by atoms with E-state index in [-0.39, 0.29) is 10.8 Å². The zero-order valence-electron chi connectivity index (χ0n) is 16.3. The number of benzene rings is 2. The Hall–Kier alpha value is -2.16. The van der Waals surface area contributed by atoms with Gasteiger partial charge in [0.1, 0.15) is 5.69 Å². The summed E-state index contributed by atoms with van der Waals surface area (Å²) in [5.74, 6) is -0.115. The summed E-state index contributed by atoms with van der Waals surface area (Å²) in [6.45, 7) is 5.04. The summed E-state index contributed by atoms with van der Waals surface area (Å²) < 4.78 is 28.0. The van der Waals surface area contributed by atoms with Gasteiger partial charge in [0.2, 0.25) is 10.0 Å². The van der Waals surface area contributed by atoms with Crippen molar-refractivity contribution in [2.45, 2.75) is 25.2 Å². The molecule has 152 valence electrons. The Kier molecular flexibility index (Phi) is 5.27. The molecule has 0 unspecified atom stereocenters. The van der Waals surface area contributed by atoms with Gasteiger partial charge < -0.3 is 9.88 Å². The van der Waals surface area contributed by atoms with E-state index in [4.69, 9.17) is 0 Å². The first-order valence-corrected chi connectivity index (χ1v) is 11.8. The van der Waals surface area contributed by atoms with Crippen LogP contribution >= 0.6 is 15.9 Å². The number of fused-ring (bicyclic) bond motifs is 2. The normalized spacial score (nSPS) is 14.0. The maximum absolute atomic E-state index is 13.1. The molecule has 1 aromatic heterocycles. The number of aromatic amines is 1. The number of aromatic nitrogens is 1. The molecule has 0 saturated heterocycles. The Morgan fingerprint density at radius 1 is 1.14 bits per heavy atom. The van der Waals surface area contributed by atoms with Crippen molar-refractivity contribution < 1.29 is 13.2 Å². The van der Waals surface area contributed by atoms with Crippen molar-refractivity contribution in [3.8, 4) is 0 Å². The first-order valence-electron chi connectivity index (χ1n) is 9.58. The maximum atomic E-state index is 13.1. The van der Waals surface area contributed by atoms with Crippen molar-refractivity contribution in [3.05, 3.63) is 58.2 Å². The Bertz CT molecular complexity index is 1200. The van der Waals surface area contributed by atoms with E-state index in [0.717, 1.165) is 26.6 Å². The van der Waals surface area contributed by atoms with Crippen LogP contribution in [0, 0.1) is 0 Å². The Labute approximate surface area is 178 Å². The zero-order chi connectivity index (χ0) is 20.8. The number of halogens is 1. The molecule has 0 saturated carbocycles. The second kappa shape index (κ2) is 7.59. The summed E-state index contributed by atoms with van der Waals surface area (Å²) in [5, 5.41) is 0.969. The molecule has 0 spiro atoms. The van der Waals surface area contributed by atoms with Crippen molar-refractivity contribution in [1.82, 2.24) is 9.29 Å². The van der Waals surface area contributed by atoms with E-state index in [9.17, 15) is 13.2 Å². The van der Waals surface area contributed by atoms with E-state index >= 15 is 0 Å². The standard InChI is InChI=1S/C21H22BrN3O3S/c1-3-24(4-2)29(27,28)17-7-8-20-15(11-17)9-10-25(20)21(26)19-12-14-5-6-16(22)13-18(14)23-19/h5-8,11-13,23H,3-4,9-10H2,1-2H3. The summed E-state index contributed by atoms with van der Waals surface area (Å²) in [6, 6.07) is 12.7. The number of nitrogens with zero attached hydrogens (tertiary/aromatic N) is 2. The van der Waals surface area contributed by atoms with Crippen LogP contribution in [0.3, 0.4) is 0 Å². The van der Waals surface area contributed by atoms with Gasteiger partial charge in [-0.25, -0.2) is 8.42 Å². The number of nitrogens with one attached hydrogen (secondary N) is 1. The summed E-state index contributed by atoms with van der Waals surface area (Å²) in [6.07, 6.45) is 0.633. The van der Waals surface area contributed by atoms with E-state index in [0.29, 0.717) is 31.7 Å². The fraction of sp³-hybridized carbons (Fsp3) is 0.286. The number of rotatable bonds is 5. The Balaban J connectivity index is 1.65. The number of H-pyrrole nitrogens is 1. The third-order valence-corrected chi connectivity index (χ3v) is 7.89. The molecule has 2 aromatic carbocycles. The Morgan fingerprint density at radius 3 is 2.62 bits per heavy atom. The number of amides is 1. The molecule has 1 N–H and O–H groups in total. The minimum Gasteiger partial charge on any atom is -0.350 e. The van der Waals surface area contributed by atoms with Gasteiger partial charge in [0.05, 0.1) is 4.90 Å². The van der Waals surface area contributed by atoms with Crippen LogP contribution in [-0.2, 0) is 16.4 Å². The van der Waals surface area contributed by atoms with Crippen molar-refractivity contribution in [2.24, 2.45) is 0 Å². The van der Waals surface area contributed by atoms with Crippen molar-refractivity contribution >= 4 is 48.5 Å². The van der Waals surface area contributed by atoms with Crippen LogP contribution in [0.15, 0.2) is 51.8 Å². The molecule has 0 fully saturated rings. The van der Waals surface area contributed by atoms with Gasteiger partial charge in [-0.05, 0) is 48.4 Å². The highest BCUT2D eigenvalue weighted by Gasteiger charge is 2.29. The van der Waals surface area contributed by atoms with Crippen LogP contribution in [0.1, 0.15) is 29.9 Å². The first-order chi connectivity index (χ1) is 13.8. The van der Waals surface area contributed by atoms with E-state index in [1.54, 1.807) is 23.1 Å². The molecule has 8 heteroatoms. The van der Waals surface area contributed by atoms with E-state index in [1.807, 2.05) is 38.1 Å². The molecule has 1 aliphatic heterocycles. The molecule has 3 aromatic rings. The van der Waals surface area contributed by atoms with Crippen LogP contribution < -0.4 is 4.90 Å². The minimum atomic E-state index is -3.51. The first kappa shape index (κ1) is 20.1. The number of carbonyl (C=O) groups excluding carboxylic acids is 1. The van der Waals surface area contributed by atoms with Gasteiger partial charge in [-0.3, -0.25) is 4.79 Å². The van der Waals surface area contributed by atoms with E-state index in [1.165, 1.54) is 4.31 Å². The quantitative estimate of drug-likeness (QED) is 0.601. The van der Waals surface area contributed by atoms with Crippen molar-refractivity contribution in [1.29, 1.82) is 0 Å². The van der Waals surface area contributed by atoms with Crippen molar-refractivity contribution in [3.63, 3.8) is 0 Å². The third kappa shape index (κ3) is 3.49. The SMILES string of the molecule is CCN(CC)S(=O)(=O)c1ccc2c(c1)CCN2C(=O)c1cc2ccc(Br)cc2[nH]1. The molecular formula is C21H22BrN3O3S. The molecule has 0 radical (unpaired) electrons. The predicted molar refractivity (Wildman–Crippen MR) is 118 cm³/mol. The van der Waals surface area contributed by atoms with E-state index in [2.05, 4.69) is 20.9 Å². The molecular weight excluding hydrogens is 454 g/mol. The summed E-state index contributed by atoms with van der Waals surface area (Å²) in [7, 11) is -3.51. The van der Waals surface area contributed by atoms with Crippen LogP contribution in [0.5, 0.6) is 0 Å². The molecule has 1 amide bonds. The molecule has 2 heterocycles. The van der Waals surface area contributed by atoms with Crippen LogP contribution in [0.2, 0.25) is 0 Å². The number of hydrogen-bond acceptors (Lipinski definition) is 3. The lowest BCUT2D eigenvalue weighted by Gasteiger charge is -2.20. The lowest BCUT2D eigenvalue weighted by atomic mass is 10.2. The molecule has 4 rings (SSSR count). The zero-order valence-corrected chi connectivity index (χ0v) is 18.7. The number of hydrogen-bond donors (Lipinski definition) is 1. The van der Waals surface area contributed by atoms with Gasteiger partial charge >= 0.3 is 0 Å². The van der Waals surface area contributed by atoms with Gasteiger partial charge in [-0.2, -0.15) is 4.31 Å². The monoisotopic (exact) mass is 475 g/mol. The van der Waals surface area contributed by atoms with Gasteiger partial charge in [-0.1, -0.05) is 35.8 Å². The molecule has 0 bridgehead atoms. The topological polar surface area (TPSA) is 73.5 Å². The highest BCUT2D eigenvalue weighted by atomic mass is 79.9. The van der Waals surface area contributed by atoms with Crippen LogP contribution in [0.25, 0.3) is 10.9 Å². The minimum absolute atomic E-state index is 0.115. The second-order valence-corrected chi connectivity index (χ2v) is 9.85. The van der Waals surface area contributed by atoms with E-state index < -0.39 is 10.0 Å². The van der Waals surface area contributed by atoms with Gasteiger partial charge in [0.25, 0.3) is 5.91 Å². The molecule has 0 aliphatic carbocycles. The largest absolute Gasteiger partial charge is 0.350 e. The predicted octanol–water partition coefficient (Wildman–Crippen LogP) is 4.16. The molecule has 29 heavy (non-hydrogen) atoms. The summed E-state index contributed by atoms with van der Waals surface area (Å²) >= 11 is 3.44. The fourth-order valence-electron chi connectivity index (χ4n) is 3.82. The summed E-state index contributed by atoms with van der Waals surface area (Å²) in [5.41, 5.74) is 3.06. The lowest BCUT2D eigenvalue weighted by Crippen LogP contribution is -2.31. The average molecular weight is 476 g/mol.